The molecule has 0 spiro atoms. The van der Waals surface area contributed by atoms with Crippen molar-refractivity contribution in [1.82, 2.24) is 0 Å². The normalized spacial score (nSPS) is 13.0. The van der Waals surface area contributed by atoms with Crippen LogP contribution in [-0.4, -0.2) is 5.11 Å². The van der Waals surface area contributed by atoms with E-state index in [1.54, 1.807) is 38.1 Å². The molecule has 0 aromatic heterocycles. The summed E-state index contributed by atoms with van der Waals surface area (Å²) in [7, 11) is 0. The minimum Gasteiger partial charge on any atom is -0.508 e. The Balaban J connectivity index is 2.20. The van der Waals surface area contributed by atoms with Gasteiger partial charge in [-0.1, -0.05) is 18.2 Å². The fourth-order valence-corrected chi connectivity index (χ4v) is 2.02. The summed E-state index contributed by atoms with van der Waals surface area (Å²) in [5.41, 5.74) is 1.26. The molecule has 2 aromatic rings. The summed E-state index contributed by atoms with van der Waals surface area (Å²) in [5, 5.41) is 12.7. The molecule has 0 radical (unpaired) electrons. The van der Waals surface area contributed by atoms with Crippen LogP contribution in [0.1, 0.15) is 29.7 Å². The number of benzene rings is 2. The molecule has 5 heteroatoms. The summed E-state index contributed by atoms with van der Waals surface area (Å²) < 4.78 is 38.1. The molecule has 0 aliphatic carbocycles. The molecule has 1 atom stereocenters. The molecule has 0 fully saturated rings. The summed E-state index contributed by atoms with van der Waals surface area (Å²) in [6.07, 6.45) is -4.35. The second kappa shape index (κ2) is 5.68. The lowest BCUT2D eigenvalue weighted by atomic mass is 10.0. The number of rotatable bonds is 3. The van der Waals surface area contributed by atoms with Crippen molar-refractivity contribution in [1.29, 1.82) is 0 Å². The Bertz CT molecular complexity index is 638. The fraction of sp³-hybridized carbons (Fsp3) is 0.250. The Morgan fingerprint density at radius 1 is 1.10 bits per heavy atom. The zero-order valence-electron chi connectivity index (χ0n) is 11.7. The monoisotopic (exact) mass is 295 g/mol. The molecular formula is C16H16F3NO. The smallest absolute Gasteiger partial charge is 0.416 e. The summed E-state index contributed by atoms with van der Waals surface area (Å²) in [6, 6.07) is 9.98. The van der Waals surface area contributed by atoms with Crippen LogP contribution in [0.5, 0.6) is 5.75 Å². The van der Waals surface area contributed by atoms with E-state index in [4.69, 9.17) is 0 Å². The molecular weight excluding hydrogens is 279 g/mol. The Hall–Kier alpha value is -2.17. The van der Waals surface area contributed by atoms with Gasteiger partial charge in [-0.2, -0.15) is 13.2 Å². The second-order valence-electron chi connectivity index (χ2n) is 4.99. The van der Waals surface area contributed by atoms with E-state index < -0.39 is 11.7 Å². The number of hydrogen-bond acceptors (Lipinski definition) is 2. The lowest BCUT2D eigenvalue weighted by Crippen LogP contribution is -2.10. The van der Waals surface area contributed by atoms with E-state index >= 15 is 0 Å². The standard InChI is InChI=1S/C16H16F3NO/c1-10-6-7-14(9-15(10)21)20-11(2)12-4-3-5-13(8-12)16(17,18)19/h3-9,11,20-21H,1-2H3. The van der Waals surface area contributed by atoms with Crippen molar-refractivity contribution < 1.29 is 18.3 Å². The number of phenolic OH excluding ortho intramolecular Hbond substituents is 1. The van der Waals surface area contributed by atoms with Gasteiger partial charge in [0.25, 0.3) is 0 Å². The molecule has 0 aliphatic heterocycles. The molecule has 0 aliphatic rings. The maximum atomic E-state index is 12.7. The maximum Gasteiger partial charge on any atom is 0.416 e. The number of phenols is 1. The number of hydrogen-bond donors (Lipinski definition) is 2. The SMILES string of the molecule is Cc1ccc(NC(C)c2cccc(C(F)(F)F)c2)cc1O. The number of aromatic hydroxyl groups is 1. The number of aryl methyl sites for hydroxylation is 1. The van der Waals surface area contributed by atoms with Gasteiger partial charge >= 0.3 is 6.18 Å². The number of halogens is 3. The highest BCUT2D eigenvalue weighted by atomic mass is 19.4. The predicted molar refractivity (Wildman–Crippen MR) is 76.3 cm³/mol. The van der Waals surface area contributed by atoms with E-state index in [1.165, 1.54) is 6.07 Å². The third-order valence-corrected chi connectivity index (χ3v) is 3.31. The van der Waals surface area contributed by atoms with Crippen LogP contribution in [0, 0.1) is 6.92 Å². The highest BCUT2D eigenvalue weighted by Crippen LogP contribution is 2.31. The number of alkyl halides is 3. The zero-order chi connectivity index (χ0) is 15.6. The third-order valence-electron chi connectivity index (χ3n) is 3.31. The highest BCUT2D eigenvalue weighted by molar-refractivity contribution is 5.52. The molecule has 0 saturated carbocycles. The van der Waals surface area contributed by atoms with Crippen LogP contribution in [0.15, 0.2) is 42.5 Å². The van der Waals surface area contributed by atoms with Gasteiger partial charge in [-0.05, 0) is 43.2 Å². The largest absolute Gasteiger partial charge is 0.508 e. The van der Waals surface area contributed by atoms with Gasteiger partial charge in [0, 0.05) is 17.8 Å². The van der Waals surface area contributed by atoms with Gasteiger partial charge in [0.1, 0.15) is 5.75 Å². The van der Waals surface area contributed by atoms with Crippen molar-refractivity contribution in [2.24, 2.45) is 0 Å². The van der Waals surface area contributed by atoms with Crippen molar-refractivity contribution in [2.75, 3.05) is 5.32 Å². The van der Waals surface area contributed by atoms with Crippen LogP contribution in [-0.2, 0) is 6.18 Å². The van der Waals surface area contributed by atoms with Crippen LogP contribution < -0.4 is 5.32 Å². The van der Waals surface area contributed by atoms with Crippen molar-refractivity contribution in [3.8, 4) is 5.75 Å². The minimum atomic E-state index is -4.35. The lowest BCUT2D eigenvalue weighted by molar-refractivity contribution is -0.137. The van der Waals surface area contributed by atoms with E-state index in [1.807, 2.05) is 0 Å². The van der Waals surface area contributed by atoms with Gasteiger partial charge in [0.05, 0.1) is 5.56 Å². The van der Waals surface area contributed by atoms with E-state index in [2.05, 4.69) is 5.32 Å². The van der Waals surface area contributed by atoms with Gasteiger partial charge in [0.2, 0.25) is 0 Å². The molecule has 2 aromatic carbocycles. The first kappa shape index (κ1) is 15.2. The first-order chi connectivity index (χ1) is 9.77. The summed E-state index contributed by atoms with van der Waals surface area (Å²) in [5.74, 6) is 0.149. The molecule has 0 bridgehead atoms. The van der Waals surface area contributed by atoms with Gasteiger partial charge < -0.3 is 10.4 Å². The molecule has 2 rings (SSSR count). The van der Waals surface area contributed by atoms with E-state index in [0.29, 0.717) is 11.3 Å². The molecule has 2 nitrogen and oxygen atoms in total. The lowest BCUT2D eigenvalue weighted by Gasteiger charge is -2.17. The Labute approximate surface area is 121 Å². The van der Waals surface area contributed by atoms with Crippen LogP contribution >= 0.6 is 0 Å². The third kappa shape index (κ3) is 3.68. The first-order valence-corrected chi connectivity index (χ1v) is 6.50. The summed E-state index contributed by atoms with van der Waals surface area (Å²) in [6.45, 7) is 3.54. The van der Waals surface area contributed by atoms with E-state index in [0.717, 1.165) is 17.7 Å². The average molecular weight is 295 g/mol. The van der Waals surface area contributed by atoms with Gasteiger partial charge in [0.15, 0.2) is 0 Å². The topological polar surface area (TPSA) is 32.3 Å². The van der Waals surface area contributed by atoms with Crippen LogP contribution in [0.3, 0.4) is 0 Å². The molecule has 21 heavy (non-hydrogen) atoms. The molecule has 1 unspecified atom stereocenters. The second-order valence-corrected chi connectivity index (χ2v) is 4.99. The van der Waals surface area contributed by atoms with Crippen molar-refractivity contribution in [2.45, 2.75) is 26.1 Å². The Morgan fingerprint density at radius 2 is 1.81 bits per heavy atom. The fourth-order valence-electron chi connectivity index (χ4n) is 2.02. The Morgan fingerprint density at radius 3 is 2.43 bits per heavy atom. The first-order valence-electron chi connectivity index (χ1n) is 6.50. The maximum absolute atomic E-state index is 12.7. The molecule has 0 amide bonds. The number of nitrogens with one attached hydrogen (secondary N) is 1. The molecule has 0 saturated heterocycles. The van der Waals surface area contributed by atoms with Crippen molar-refractivity contribution in [3.63, 3.8) is 0 Å². The van der Waals surface area contributed by atoms with E-state index in [-0.39, 0.29) is 11.8 Å². The highest BCUT2D eigenvalue weighted by Gasteiger charge is 2.30. The Kier molecular flexibility index (Phi) is 4.11. The van der Waals surface area contributed by atoms with Crippen molar-refractivity contribution >= 4 is 5.69 Å². The van der Waals surface area contributed by atoms with Crippen molar-refractivity contribution in [3.05, 3.63) is 59.2 Å². The zero-order valence-corrected chi connectivity index (χ0v) is 11.7. The van der Waals surface area contributed by atoms with Crippen LogP contribution in [0.25, 0.3) is 0 Å². The summed E-state index contributed by atoms with van der Waals surface area (Å²) >= 11 is 0. The van der Waals surface area contributed by atoms with Gasteiger partial charge in [-0.15, -0.1) is 0 Å². The van der Waals surface area contributed by atoms with Crippen LogP contribution in [0.4, 0.5) is 18.9 Å². The molecule has 112 valence electrons. The van der Waals surface area contributed by atoms with Gasteiger partial charge in [-0.3, -0.25) is 0 Å². The predicted octanol–water partition coefficient (Wildman–Crippen LogP) is 4.89. The van der Waals surface area contributed by atoms with Crippen LogP contribution in [0.2, 0.25) is 0 Å². The van der Waals surface area contributed by atoms with E-state index in [9.17, 15) is 18.3 Å². The minimum absolute atomic E-state index is 0.149. The molecule has 0 heterocycles. The number of anilines is 1. The summed E-state index contributed by atoms with van der Waals surface area (Å²) in [4.78, 5) is 0. The molecule has 2 N–H and O–H groups in total. The average Bonchev–Trinajstić information content (AvgIpc) is 2.42. The van der Waals surface area contributed by atoms with Gasteiger partial charge in [-0.25, -0.2) is 0 Å². The quantitative estimate of drug-likeness (QED) is 0.844.